The standard InChI is InChI=1S/C21H30N4O4/c1-13(2)8-9-25-19(21(27)29-4)18(24-17(26)12-28-3)16-10-15(11-22-20(16)25)23-14-6-5-7-14/h10-11,13-14,23H,5-9,12H2,1-4H3,(H,24,26). The van der Waals surface area contributed by atoms with E-state index in [4.69, 9.17) is 9.47 Å². The number of anilines is 2. The van der Waals surface area contributed by atoms with Crippen LogP contribution in [0.3, 0.4) is 0 Å². The first-order valence-corrected chi connectivity index (χ1v) is 10.1. The Bertz CT molecular complexity index is 886. The van der Waals surface area contributed by atoms with Gasteiger partial charge in [-0.1, -0.05) is 13.8 Å². The van der Waals surface area contributed by atoms with Gasteiger partial charge in [-0.15, -0.1) is 0 Å². The van der Waals surface area contributed by atoms with Crippen molar-refractivity contribution in [2.75, 3.05) is 31.5 Å². The van der Waals surface area contributed by atoms with E-state index in [0.29, 0.717) is 40.9 Å². The van der Waals surface area contributed by atoms with E-state index >= 15 is 0 Å². The molecule has 0 bridgehead atoms. The molecule has 1 aliphatic rings. The summed E-state index contributed by atoms with van der Waals surface area (Å²) in [5.74, 6) is -0.394. The van der Waals surface area contributed by atoms with Gasteiger partial charge in [-0.3, -0.25) is 4.79 Å². The summed E-state index contributed by atoms with van der Waals surface area (Å²) in [5.41, 5.74) is 2.25. The second-order valence-electron chi connectivity index (χ2n) is 7.90. The molecule has 8 nitrogen and oxygen atoms in total. The quantitative estimate of drug-likeness (QED) is 0.624. The molecular weight excluding hydrogens is 372 g/mol. The van der Waals surface area contributed by atoms with Crippen molar-refractivity contribution in [3.8, 4) is 0 Å². The van der Waals surface area contributed by atoms with Gasteiger partial charge in [-0.25, -0.2) is 9.78 Å². The molecule has 8 heteroatoms. The Morgan fingerprint density at radius 3 is 2.66 bits per heavy atom. The minimum Gasteiger partial charge on any atom is -0.464 e. The van der Waals surface area contributed by atoms with Crippen LogP contribution in [0.25, 0.3) is 11.0 Å². The van der Waals surface area contributed by atoms with Crippen LogP contribution in [0.5, 0.6) is 0 Å². The number of pyridine rings is 1. The number of nitrogens with one attached hydrogen (secondary N) is 2. The topological polar surface area (TPSA) is 94.5 Å². The molecule has 29 heavy (non-hydrogen) atoms. The average Bonchev–Trinajstić information content (AvgIpc) is 2.95. The zero-order chi connectivity index (χ0) is 21.0. The van der Waals surface area contributed by atoms with Crippen molar-refractivity contribution in [3.63, 3.8) is 0 Å². The summed E-state index contributed by atoms with van der Waals surface area (Å²) in [7, 11) is 2.79. The number of aromatic nitrogens is 2. The monoisotopic (exact) mass is 402 g/mol. The van der Waals surface area contributed by atoms with Gasteiger partial charge in [0.2, 0.25) is 5.91 Å². The van der Waals surface area contributed by atoms with Gasteiger partial charge >= 0.3 is 5.97 Å². The number of methoxy groups -OCH3 is 2. The minimum absolute atomic E-state index is 0.104. The molecule has 2 heterocycles. The van der Waals surface area contributed by atoms with Crippen molar-refractivity contribution in [1.82, 2.24) is 9.55 Å². The fourth-order valence-electron chi connectivity index (χ4n) is 3.44. The number of ether oxygens (including phenoxy) is 2. The van der Waals surface area contributed by atoms with E-state index in [1.165, 1.54) is 20.6 Å². The Morgan fingerprint density at radius 1 is 1.31 bits per heavy atom. The van der Waals surface area contributed by atoms with Crippen molar-refractivity contribution >= 4 is 34.3 Å². The largest absolute Gasteiger partial charge is 0.464 e. The fourth-order valence-corrected chi connectivity index (χ4v) is 3.44. The third-order valence-electron chi connectivity index (χ3n) is 5.22. The summed E-state index contributed by atoms with van der Waals surface area (Å²) in [6, 6.07) is 2.39. The molecular formula is C21H30N4O4. The number of nitrogens with zero attached hydrogens (tertiary/aromatic N) is 2. The third-order valence-corrected chi connectivity index (χ3v) is 5.22. The van der Waals surface area contributed by atoms with Gasteiger partial charge < -0.3 is 24.7 Å². The normalized spacial score (nSPS) is 14.1. The first-order valence-electron chi connectivity index (χ1n) is 10.1. The summed E-state index contributed by atoms with van der Waals surface area (Å²) in [6.07, 6.45) is 6.15. The molecule has 0 saturated heterocycles. The number of fused-ring (bicyclic) bond motifs is 1. The lowest BCUT2D eigenvalue weighted by molar-refractivity contribution is -0.119. The SMILES string of the molecule is COCC(=O)Nc1c(C(=O)OC)n(CCC(C)C)c2ncc(NC3CCC3)cc12. The molecule has 158 valence electrons. The molecule has 1 aliphatic carbocycles. The van der Waals surface area contributed by atoms with Crippen LogP contribution in [0.4, 0.5) is 11.4 Å². The van der Waals surface area contributed by atoms with Gasteiger partial charge in [0.05, 0.1) is 24.7 Å². The second kappa shape index (κ2) is 9.26. The molecule has 1 amide bonds. The van der Waals surface area contributed by atoms with Gasteiger partial charge in [0.1, 0.15) is 12.3 Å². The molecule has 0 unspecified atom stereocenters. The highest BCUT2D eigenvalue weighted by Gasteiger charge is 2.26. The molecule has 0 aliphatic heterocycles. The molecule has 3 rings (SSSR count). The number of carbonyl (C=O) groups is 2. The smallest absolute Gasteiger partial charge is 0.356 e. The van der Waals surface area contributed by atoms with Gasteiger partial charge in [0.25, 0.3) is 0 Å². The molecule has 0 atom stereocenters. The lowest BCUT2D eigenvalue weighted by Crippen LogP contribution is -2.26. The molecule has 2 N–H and O–H groups in total. The van der Waals surface area contributed by atoms with E-state index in [0.717, 1.165) is 24.9 Å². The van der Waals surface area contributed by atoms with E-state index in [1.54, 1.807) is 6.20 Å². The number of carbonyl (C=O) groups excluding carboxylic acids is 2. The Hall–Kier alpha value is -2.61. The Labute approximate surface area is 171 Å². The van der Waals surface area contributed by atoms with Crippen LogP contribution in [0.1, 0.15) is 50.0 Å². The number of aryl methyl sites for hydroxylation is 1. The van der Waals surface area contributed by atoms with Gasteiger partial charge in [0.15, 0.2) is 5.69 Å². The van der Waals surface area contributed by atoms with Crippen LogP contribution in [0.2, 0.25) is 0 Å². The zero-order valence-electron chi connectivity index (χ0n) is 17.6. The zero-order valence-corrected chi connectivity index (χ0v) is 17.6. The van der Waals surface area contributed by atoms with E-state index in [-0.39, 0.29) is 12.5 Å². The van der Waals surface area contributed by atoms with Crippen LogP contribution in [0, 0.1) is 5.92 Å². The first-order chi connectivity index (χ1) is 13.9. The van der Waals surface area contributed by atoms with E-state index in [9.17, 15) is 9.59 Å². The van der Waals surface area contributed by atoms with Crippen molar-refractivity contribution < 1.29 is 19.1 Å². The maximum absolute atomic E-state index is 12.7. The predicted octanol–water partition coefficient (Wildman–Crippen LogP) is 3.42. The van der Waals surface area contributed by atoms with Crippen LogP contribution in [-0.2, 0) is 20.8 Å². The van der Waals surface area contributed by atoms with Gasteiger partial charge in [0, 0.05) is 25.1 Å². The average molecular weight is 402 g/mol. The number of rotatable bonds is 9. The highest BCUT2D eigenvalue weighted by Crippen LogP contribution is 2.34. The molecule has 1 saturated carbocycles. The molecule has 0 aromatic carbocycles. The van der Waals surface area contributed by atoms with Crippen molar-refractivity contribution in [1.29, 1.82) is 0 Å². The van der Waals surface area contributed by atoms with Crippen LogP contribution >= 0.6 is 0 Å². The van der Waals surface area contributed by atoms with E-state index < -0.39 is 5.97 Å². The fraction of sp³-hybridized carbons (Fsp3) is 0.571. The van der Waals surface area contributed by atoms with E-state index in [2.05, 4.69) is 29.5 Å². The summed E-state index contributed by atoms with van der Waals surface area (Å²) in [4.78, 5) is 29.6. The van der Waals surface area contributed by atoms with Crippen LogP contribution in [-0.4, -0.2) is 48.3 Å². The molecule has 2 aromatic rings. The summed E-state index contributed by atoms with van der Waals surface area (Å²) >= 11 is 0. The lowest BCUT2D eigenvalue weighted by atomic mass is 9.93. The maximum Gasteiger partial charge on any atom is 0.356 e. The van der Waals surface area contributed by atoms with Gasteiger partial charge in [-0.2, -0.15) is 0 Å². The molecule has 0 spiro atoms. The summed E-state index contributed by atoms with van der Waals surface area (Å²) in [6.45, 7) is 4.74. The molecule has 2 aromatic heterocycles. The van der Waals surface area contributed by atoms with Crippen LogP contribution < -0.4 is 10.6 Å². The Balaban J connectivity index is 2.11. The second-order valence-corrected chi connectivity index (χ2v) is 7.90. The third kappa shape index (κ3) is 4.70. The van der Waals surface area contributed by atoms with Crippen LogP contribution in [0.15, 0.2) is 12.3 Å². The summed E-state index contributed by atoms with van der Waals surface area (Å²) < 4.78 is 11.8. The minimum atomic E-state index is -0.507. The Kier molecular flexibility index (Phi) is 6.74. The molecule has 1 fully saturated rings. The van der Waals surface area contributed by atoms with Gasteiger partial charge in [-0.05, 0) is 37.7 Å². The first kappa shape index (κ1) is 21.1. The lowest BCUT2D eigenvalue weighted by Gasteiger charge is -2.27. The maximum atomic E-state index is 12.7. The van der Waals surface area contributed by atoms with E-state index in [1.807, 2.05) is 10.6 Å². The summed E-state index contributed by atoms with van der Waals surface area (Å²) in [5, 5.41) is 7.02. The Morgan fingerprint density at radius 2 is 2.07 bits per heavy atom. The highest BCUT2D eigenvalue weighted by molar-refractivity contribution is 6.11. The number of esters is 1. The van der Waals surface area contributed by atoms with Crippen molar-refractivity contribution in [3.05, 3.63) is 18.0 Å². The molecule has 0 radical (unpaired) electrons. The number of hydrogen-bond donors (Lipinski definition) is 2. The predicted molar refractivity (Wildman–Crippen MR) is 112 cm³/mol. The van der Waals surface area contributed by atoms with Crippen molar-refractivity contribution in [2.24, 2.45) is 5.92 Å². The van der Waals surface area contributed by atoms with Crippen molar-refractivity contribution in [2.45, 2.75) is 52.1 Å². The number of amides is 1. The number of hydrogen-bond acceptors (Lipinski definition) is 6. The highest BCUT2D eigenvalue weighted by atomic mass is 16.5.